The van der Waals surface area contributed by atoms with E-state index < -0.39 is 9.84 Å². The Morgan fingerprint density at radius 2 is 2.07 bits per heavy atom. The smallest absolute Gasteiger partial charge is 0.224 e. The number of aliphatic imine (C=N–C) groups is 1. The monoisotopic (exact) mass is 231 g/mol. The standard InChI is InChI=1S/C8H6ClNO3S/c1-14(12,13)6-2-3-8(10-5-11)7(9)4-6/h2-4H,1H3. The highest BCUT2D eigenvalue weighted by Crippen LogP contribution is 2.26. The van der Waals surface area contributed by atoms with Gasteiger partial charge >= 0.3 is 0 Å². The molecule has 0 aliphatic rings. The molecule has 0 N–H and O–H groups in total. The van der Waals surface area contributed by atoms with Gasteiger partial charge in [0.2, 0.25) is 6.08 Å². The first kappa shape index (κ1) is 10.9. The molecule has 1 aromatic rings. The number of carbonyl (C=O) groups excluding carboxylic acids is 1. The summed E-state index contributed by atoms with van der Waals surface area (Å²) in [5.74, 6) is 0. The Balaban J connectivity index is 3.33. The van der Waals surface area contributed by atoms with Gasteiger partial charge in [-0.1, -0.05) is 11.6 Å². The van der Waals surface area contributed by atoms with Crippen molar-refractivity contribution in [1.82, 2.24) is 0 Å². The van der Waals surface area contributed by atoms with Crippen LogP contribution >= 0.6 is 11.6 Å². The minimum atomic E-state index is -3.28. The molecule has 1 aromatic carbocycles. The summed E-state index contributed by atoms with van der Waals surface area (Å²) in [6.07, 6.45) is 2.39. The fourth-order valence-corrected chi connectivity index (χ4v) is 1.79. The van der Waals surface area contributed by atoms with Gasteiger partial charge in [-0.05, 0) is 18.2 Å². The van der Waals surface area contributed by atoms with Crippen LogP contribution in [0.1, 0.15) is 0 Å². The van der Waals surface area contributed by atoms with Gasteiger partial charge in [0, 0.05) is 6.26 Å². The van der Waals surface area contributed by atoms with E-state index in [0.717, 1.165) is 6.26 Å². The lowest BCUT2D eigenvalue weighted by Gasteiger charge is -2.00. The van der Waals surface area contributed by atoms with Crippen molar-refractivity contribution in [2.75, 3.05) is 6.26 Å². The van der Waals surface area contributed by atoms with Crippen molar-refractivity contribution in [3.05, 3.63) is 23.2 Å². The molecule has 0 aliphatic heterocycles. The lowest BCUT2D eigenvalue weighted by atomic mass is 10.3. The van der Waals surface area contributed by atoms with Crippen LogP contribution in [0.2, 0.25) is 5.02 Å². The molecule has 0 saturated heterocycles. The van der Waals surface area contributed by atoms with Crippen LogP contribution in [0.5, 0.6) is 0 Å². The molecule has 6 heteroatoms. The zero-order valence-electron chi connectivity index (χ0n) is 7.19. The minimum Gasteiger partial charge on any atom is -0.224 e. The van der Waals surface area contributed by atoms with E-state index in [1.807, 2.05) is 0 Å². The zero-order chi connectivity index (χ0) is 10.8. The lowest BCUT2D eigenvalue weighted by Crippen LogP contribution is -1.96. The van der Waals surface area contributed by atoms with Crippen molar-refractivity contribution in [1.29, 1.82) is 0 Å². The number of isocyanates is 1. The third-order valence-electron chi connectivity index (χ3n) is 1.51. The number of nitrogens with zero attached hydrogens (tertiary/aromatic N) is 1. The topological polar surface area (TPSA) is 63.6 Å². The maximum absolute atomic E-state index is 11.1. The highest BCUT2D eigenvalue weighted by atomic mass is 35.5. The second-order valence-electron chi connectivity index (χ2n) is 2.59. The predicted octanol–water partition coefficient (Wildman–Crippen LogP) is 1.71. The third-order valence-corrected chi connectivity index (χ3v) is 2.93. The molecule has 0 bridgehead atoms. The quantitative estimate of drug-likeness (QED) is 0.575. The Morgan fingerprint density at radius 1 is 1.43 bits per heavy atom. The van der Waals surface area contributed by atoms with Crippen molar-refractivity contribution in [3.8, 4) is 0 Å². The van der Waals surface area contributed by atoms with Gasteiger partial charge < -0.3 is 0 Å². The Labute approximate surface area is 86.1 Å². The number of halogens is 1. The number of hydrogen-bond donors (Lipinski definition) is 0. The molecule has 0 aliphatic carbocycles. The summed E-state index contributed by atoms with van der Waals surface area (Å²) in [5.41, 5.74) is 0.203. The first-order valence-corrected chi connectivity index (χ1v) is 5.79. The van der Waals surface area contributed by atoms with Crippen molar-refractivity contribution >= 4 is 33.2 Å². The molecule has 0 atom stereocenters. The van der Waals surface area contributed by atoms with Crippen LogP contribution in [0, 0.1) is 0 Å². The molecule has 0 fully saturated rings. The first-order chi connectivity index (χ1) is 6.45. The molecular formula is C8H6ClNO3S. The van der Waals surface area contributed by atoms with Crippen molar-refractivity contribution in [2.45, 2.75) is 4.90 Å². The van der Waals surface area contributed by atoms with Gasteiger partial charge in [-0.3, -0.25) is 0 Å². The van der Waals surface area contributed by atoms with Gasteiger partial charge in [-0.15, -0.1) is 0 Å². The largest absolute Gasteiger partial charge is 0.240 e. The van der Waals surface area contributed by atoms with Crippen LogP contribution in [-0.4, -0.2) is 20.8 Å². The summed E-state index contributed by atoms with van der Waals surface area (Å²) in [6.45, 7) is 0. The van der Waals surface area contributed by atoms with Gasteiger partial charge in [-0.25, -0.2) is 13.2 Å². The second-order valence-corrected chi connectivity index (χ2v) is 5.01. The van der Waals surface area contributed by atoms with E-state index >= 15 is 0 Å². The van der Waals surface area contributed by atoms with E-state index in [-0.39, 0.29) is 15.6 Å². The average molecular weight is 232 g/mol. The summed E-state index contributed by atoms with van der Waals surface area (Å²) in [5, 5.41) is 0.108. The number of hydrogen-bond acceptors (Lipinski definition) is 4. The summed E-state index contributed by atoms with van der Waals surface area (Å²) >= 11 is 5.68. The highest BCUT2D eigenvalue weighted by Gasteiger charge is 2.09. The zero-order valence-corrected chi connectivity index (χ0v) is 8.76. The number of sulfone groups is 1. The fraction of sp³-hybridized carbons (Fsp3) is 0.125. The van der Waals surface area contributed by atoms with E-state index in [2.05, 4.69) is 4.99 Å². The summed E-state index contributed by atoms with van der Waals surface area (Å²) in [4.78, 5) is 13.3. The Hall–Kier alpha value is -1.16. The molecule has 0 saturated carbocycles. The molecule has 4 nitrogen and oxygen atoms in total. The predicted molar refractivity (Wildman–Crippen MR) is 52.3 cm³/mol. The second kappa shape index (κ2) is 3.92. The van der Waals surface area contributed by atoms with Crippen LogP contribution in [0.15, 0.2) is 28.1 Å². The Morgan fingerprint density at radius 3 is 2.50 bits per heavy atom. The fourth-order valence-electron chi connectivity index (χ4n) is 0.858. The molecule has 0 aromatic heterocycles. The normalized spacial score (nSPS) is 10.7. The van der Waals surface area contributed by atoms with Crippen LogP contribution in [0.3, 0.4) is 0 Å². The number of benzene rings is 1. The van der Waals surface area contributed by atoms with E-state index in [4.69, 9.17) is 11.6 Å². The molecule has 74 valence electrons. The molecule has 0 amide bonds. The van der Waals surface area contributed by atoms with Crippen LogP contribution in [0.4, 0.5) is 5.69 Å². The van der Waals surface area contributed by atoms with E-state index in [1.165, 1.54) is 24.3 Å². The maximum Gasteiger partial charge on any atom is 0.240 e. The van der Waals surface area contributed by atoms with E-state index in [9.17, 15) is 13.2 Å². The SMILES string of the molecule is CS(=O)(=O)c1ccc(N=C=O)c(Cl)c1. The van der Waals surface area contributed by atoms with E-state index in [1.54, 1.807) is 0 Å². The molecule has 0 spiro atoms. The Bertz CT molecular complexity index is 503. The molecule has 0 radical (unpaired) electrons. The first-order valence-electron chi connectivity index (χ1n) is 3.52. The molecule has 0 unspecified atom stereocenters. The van der Waals surface area contributed by atoms with Gasteiger partial charge in [0.05, 0.1) is 15.6 Å². The van der Waals surface area contributed by atoms with Crippen molar-refractivity contribution in [2.24, 2.45) is 4.99 Å². The molecule has 1 rings (SSSR count). The third kappa shape index (κ3) is 2.42. The molecular weight excluding hydrogens is 226 g/mol. The maximum atomic E-state index is 11.1. The van der Waals surface area contributed by atoms with Gasteiger partial charge in [-0.2, -0.15) is 4.99 Å². The van der Waals surface area contributed by atoms with Crippen LogP contribution in [0.25, 0.3) is 0 Å². The van der Waals surface area contributed by atoms with Crippen molar-refractivity contribution < 1.29 is 13.2 Å². The summed E-state index contributed by atoms with van der Waals surface area (Å²) in [6, 6.07) is 3.92. The lowest BCUT2D eigenvalue weighted by molar-refractivity contribution is 0.565. The van der Waals surface area contributed by atoms with Crippen LogP contribution < -0.4 is 0 Å². The number of rotatable bonds is 2. The Kier molecular flexibility index (Phi) is 3.06. The minimum absolute atomic E-state index is 0.0901. The van der Waals surface area contributed by atoms with Gasteiger partial charge in [0.15, 0.2) is 9.84 Å². The van der Waals surface area contributed by atoms with Crippen LogP contribution in [-0.2, 0) is 14.6 Å². The summed E-state index contributed by atoms with van der Waals surface area (Å²) < 4.78 is 22.2. The average Bonchev–Trinajstić information content (AvgIpc) is 2.07. The molecule has 0 heterocycles. The highest BCUT2D eigenvalue weighted by molar-refractivity contribution is 7.90. The van der Waals surface area contributed by atoms with Gasteiger partial charge in [0.25, 0.3) is 0 Å². The summed E-state index contributed by atoms with van der Waals surface area (Å²) in [7, 11) is -3.28. The van der Waals surface area contributed by atoms with E-state index in [0.29, 0.717) is 0 Å². The van der Waals surface area contributed by atoms with Crippen molar-refractivity contribution in [3.63, 3.8) is 0 Å². The van der Waals surface area contributed by atoms with Gasteiger partial charge in [0.1, 0.15) is 0 Å². The molecule has 14 heavy (non-hydrogen) atoms.